The number of furan rings is 1. The summed E-state index contributed by atoms with van der Waals surface area (Å²) in [5.41, 5.74) is 2.61. The monoisotopic (exact) mass is 273 g/mol. The molecular formula is C14H19N5O. The van der Waals surface area contributed by atoms with Crippen LogP contribution in [0.15, 0.2) is 28.9 Å². The molecule has 6 heteroatoms. The number of aryl methyl sites for hydroxylation is 1. The normalized spacial score (nSPS) is 14.3. The Morgan fingerprint density at radius 3 is 2.90 bits per heavy atom. The van der Waals surface area contributed by atoms with E-state index in [1.807, 2.05) is 25.1 Å². The smallest absolute Gasteiger partial charge is 0.145 e. The van der Waals surface area contributed by atoms with Crippen molar-refractivity contribution >= 4 is 11.6 Å². The van der Waals surface area contributed by atoms with Gasteiger partial charge in [-0.1, -0.05) is 6.92 Å². The van der Waals surface area contributed by atoms with Crippen LogP contribution in [0.2, 0.25) is 0 Å². The zero-order valence-electron chi connectivity index (χ0n) is 11.5. The van der Waals surface area contributed by atoms with Crippen molar-refractivity contribution < 1.29 is 4.42 Å². The van der Waals surface area contributed by atoms with Gasteiger partial charge in [-0.05, 0) is 25.0 Å². The lowest BCUT2D eigenvalue weighted by Crippen LogP contribution is -2.26. The van der Waals surface area contributed by atoms with Crippen LogP contribution in [0, 0.1) is 0 Å². The van der Waals surface area contributed by atoms with Gasteiger partial charge in [0.2, 0.25) is 0 Å². The number of hydrogen-bond acceptors (Lipinski definition) is 6. The van der Waals surface area contributed by atoms with Crippen LogP contribution in [0.25, 0.3) is 0 Å². The van der Waals surface area contributed by atoms with Gasteiger partial charge in [0.05, 0.1) is 12.8 Å². The predicted molar refractivity (Wildman–Crippen MR) is 77.1 cm³/mol. The van der Waals surface area contributed by atoms with E-state index in [1.165, 1.54) is 12.8 Å². The van der Waals surface area contributed by atoms with E-state index in [-0.39, 0.29) is 0 Å². The maximum absolute atomic E-state index is 5.49. The molecule has 0 amide bonds. The Balaban J connectivity index is 1.90. The van der Waals surface area contributed by atoms with E-state index in [0.29, 0.717) is 11.9 Å². The molecule has 106 valence electrons. The topological polar surface area (TPSA) is 80.2 Å². The average molecular weight is 273 g/mol. The van der Waals surface area contributed by atoms with Crippen LogP contribution < -0.4 is 16.2 Å². The van der Waals surface area contributed by atoms with Crippen molar-refractivity contribution in [1.29, 1.82) is 0 Å². The van der Waals surface area contributed by atoms with Crippen molar-refractivity contribution in [2.75, 3.05) is 10.3 Å². The van der Waals surface area contributed by atoms with Crippen molar-refractivity contribution in [1.82, 2.24) is 9.97 Å². The lowest BCUT2D eigenvalue weighted by Gasteiger charge is -2.23. The summed E-state index contributed by atoms with van der Waals surface area (Å²) in [5.74, 6) is 8.78. The highest BCUT2D eigenvalue weighted by atomic mass is 16.3. The highest BCUT2D eigenvalue weighted by Crippen LogP contribution is 2.33. The number of nitrogens with one attached hydrogen (secondary N) is 1. The van der Waals surface area contributed by atoms with Gasteiger partial charge in [-0.3, -0.25) is 0 Å². The average Bonchev–Trinajstić information content (AvgIpc) is 3.20. The van der Waals surface area contributed by atoms with Crippen LogP contribution in [0.5, 0.6) is 0 Å². The SMILES string of the molecule is CCc1nc(NN)cc(N(Cc2ccco2)C2CC2)n1. The number of nitrogens with zero attached hydrogens (tertiary/aromatic N) is 3. The Bertz CT molecular complexity index is 543. The molecule has 0 bridgehead atoms. The number of aromatic nitrogens is 2. The van der Waals surface area contributed by atoms with Crippen LogP contribution in [-0.2, 0) is 13.0 Å². The van der Waals surface area contributed by atoms with Gasteiger partial charge in [0, 0.05) is 18.5 Å². The molecule has 0 unspecified atom stereocenters. The molecule has 6 nitrogen and oxygen atoms in total. The van der Waals surface area contributed by atoms with E-state index < -0.39 is 0 Å². The predicted octanol–water partition coefficient (Wildman–Crippen LogP) is 2.09. The molecule has 0 spiro atoms. The molecule has 0 saturated heterocycles. The first-order valence-electron chi connectivity index (χ1n) is 6.93. The fourth-order valence-electron chi connectivity index (χ4n) is 2.22. The van der Waals surface area contributed by atoms with Crippen molar-refractivity contribution in [2.45, 2.75) is 38.8 Å². The van der Waals surface area contributed by atoms with Gasteiger partial charge in [-0.2, -0.15) is 0 Å². The minimum absolute atomic E-state index is 0.533. The second-order valence-electron chi connectivity index (χ2n) is 4.96. The highest BCUT2D eigenvalue weighted by Gasteiger charge is 2.31. The fourth-order valence-corrected chi connectivity index (χ4v) is 2.22. The third kappa shape index (κ3) is 2.75. The number of hydrogen-bond donors (Lipinski definition) is 2. The molecule has 1 fully saturated rings. The van der Waals surface area contributed by atoms with Crippen LogP contribution >= 0.6 is 0 Å². The molecule has 0 aromatic carbocycles. The number of nitrogens with two attached hydrogens (primary N) is 1. The molecule has 20 heavy (non-hydrogen) atoms. The summed E-state index contributed by atoms with van der Waals surface area (Å²) in [6.45, 7) is 2.76. The highest BCUT2D eigenvalue weighted by molar-refractivity contribution is 5.50. The molecule has 0 atom stereocenters. The van der Waals surface area contributed by atoms with Gasteiger partial charge in [0.15, 0.2) is 0 Å². The third-order valence-electron chi connectivity index (χ3n) is 3.41. The summed E-state index contributed by atoms with van der Waals surface area (Å²) in [5, 5.41) is 0. The molecule has 1 aliphatic carbocycles. The summed E-state index contributed by atoms with van der Waals surface area (Å²) in [6.07, 6.45) is 4.86. The standard InChI is InChI=1S/C14H19N5O/c1-2-12-16-13(18-15)8-14(17-12)19(10-5-6-10)9-11-4-3-7-20-11/h3-4,7-8,10H,2,5-6,9,15H2,1H3,(H,16,17,18). The number of anilines is 2. The second-order valence-corrected chi connectivity index (χ2v) is 4.96. The lowest BCUT2D eigenvalue weighted by molar-refractivity contribution is 0.500. The fraction of sp³-hybridized carbons (Fsp3) is 0.429. The van der Waals surface area contributed by atoms with Crippen molar-refractivity contribution in [3.8, 4) is 0 Å². The van der Waals surface area contributed by atoms with Crippen LogP contribution in [0.4, 0.5) is 11.6 Å². The first kappa shape index (κ1) is 12.9. The molecular weight excluding hydrogens is 254 g/mol. The van der Waals surface area contributed by atoms with Crippen LogP contribution in [0.3, 0.4) is 0 Å². The summed E-state index contributed by atoms with van der Waals surface area (Å²) in [4.78, 5) is 11.2. The van der Waals surface area contributed by atoms with E-state index in [1.54, 1.807) is 6.26 Å². The van der Waals surface area contributed by atoms with Gasteiger partial charge in [0.25, 0.3) is 0 Å². The van der Waals surface area contributed by atoms with Gasteiger partial charge < -0.3 is 14.7 Å². The first-order chi connectivity index (χ1) is 9.80. The Labute approximate surface area is 118 Å². The lowest BCUT2D eigenvalue weighted by atomic mass is 10.3. The summed E-state index contributed by atoms with van der Waals surface area (Å²) in [6, 6.07) is 6.31. The van der Waals surface area contributed by atoms with Crippen LogP contribution in [0.1, 0.15) is 31.4 Å². The maximum atomic E-state index is 5.49. The van der Waals surface area contributed by atoms with Gasteiger partial charge >= 0.3 is 0 Å². The van der Waals surface area contributed by atoms with E-state index in [9.17, 15) is 0 Å². The summed E-state index contributed by atoms with van der Waals surface area (Å²) in [7, 11) is 0. The first-order valence-corrected chi connectivity index (χ1v) is 6.93. The summed E-state index contributed by atoms with van der Waals surface area (Å²) < 4.78 is 5.45. The van der Waals surface area contributed by atoms with Crippen molar-refractivity contribution in [3.63, 3.8) is 0 Å². The largest absolute Gasteiger partial charge is 0.467 e. The maximum Gasteiger partial charge on any atom is 0.145 e. The van der Waals surface area contributed by atoms with Crippen molar-refractivity contribution in [3.05, 3.63) is 36.0 Å². The van der Waals surface area contributed by atoms with E-state index >= 15 is 0 Å². The number of nitrogen functional groups attached to an aromatic ring is 1. The quantitative estimate of drug-likeness (QED) is 0.619. The van der Waals surface area contributed by atoms with E-state index in [2.05, 4.69) is 20.3 Å². The Kier molecular flexibility index (Phi) is 3.56. The molecule has 2 heterocycles. The second kappa shape index (κ2) is 5.50. The third-order valence-corrected chi connectivity index (χ3v) is 3.41. The van der Waals surface area contributed by atoms with Gasteiger partial charge in [-0.25, -0.2) is 15.8 Å². The van der Waals surface area contributed by atoms with E-state index in [0.717, 1.165) is 30.4 Å². The Morgan fingerprint density at radius 1 is 1.45 bits per heavy atom. The molecule has 3 N–H and O–H groups in total. The van der Waals surface area contributed by atoms with E-state index in [4.69, 9.17) is 10.3 Å². The molecule has 0 radical (unpaired) electrons. The van der Waals surface area contributed by atoms with Crippen molar-refractivity contribution in [2.24, 2.45) is 5.84 Å². The summed E-state index contributed by atoms with van der Waals surface area (Å²) >= 11 is 0. The minimum Gasteiger partial charge on any atom is -0.467 e. The van der Waals surface area contributed by atoms with Gasteiger partial charge in [0.1, 0.15) is 23.2 Å². The minimum atomic E-state index is 0.533. The Hall–Kier alpha value is -2.08. The zero-order valence-corrected chi connectivity index (χ0v) is 11.5. The molecule has 1 saturated carbocycles. The number of hydrazine groups is 1. The van der Waals surface area contributed by atoms with Gasteiger partial charge in [-0.15, -0.1) is 0 Å². The van der Waals surface area contributed by atoms with Crippen LogP contribution in [-0.4, -0.2) is 16.0 Å². The molecule has 2 aromatic rings. The Morgan fingerprint density at radius 2 is 2.30 bits per heavy atom. The molecule has 3 rings (SSSR count). The number of rotatable bonds is 6. The zero-order chi connectivity index (χ0) is 13.9. The molecule has 2 aromatic heterocycles. The molecule has 1 aliphatic rings. The molecule has 0 aliphatic heterocycles.